The highest BCUT2D eigenvalue weighted by atomic mass is 32.2. The maximum absolute atomic E-state index is 12.0. The first-order chi connectivity index (χ1) is 7.93. The van der Waals surface area contributed by atoms with E-state index in [0.29, 0.717) is 12.8 Å². The van der Waals surface area contributed by atoms with E-state index in [-0.39, 0.29) is 19.5 Å². The molecule has 1 aliphatic rings. The van der Waals surface area contributed by atoms with Crippen molar-refractivity contribution in [2.45, 2.75) is 31.4 Å². The molecule has 1 rings (SSSR count). The van der Waals surface area contributed by atoms with Crippen molar-refractivity contribution >= 4 is 16.0 Å². The zero-order valence-corrected chi connectivity index (χ0v) is 10.5. The van der Waals surface area contributed by atoms with Crippen LogP contribution >= 0.6 is 0 Å². The van der Waals surface area contributed by atoms with Crippen LogP contribution in [0, 0.1) is 17.2 Å². The molecular formula is C10H16N2O4S. The second-order valence-electron chi connectivity index (χ2n) is 4.08. The maximum Gasteiger partial charge on any atom is 0.306 e. The predicted molar refractivity (Wildman–Crippen MR) is 60.5 cm³/mol. The Labute approximate surface area is 101 Å². The Kier molecular flexibility index (Phi) is 4.48. The van der Waals surface area contributed by atoms with Crippen molar-refractivity contribution < 1.29 is 18.3 Å². The number of hydrogen-bond acceptors (Lipinski definition) is 4. The fraction of sp³-hybridized carbons (Fsp3) is 0.800. The van der Waals surface area contributed by atoms with Gasteiger partial charge in [-0.3, -0.25) is 4.79 Å². The summed E-state index contributed by atoms with van der Waals surface area (Å²) in [6.07, 6.45) is 0.880. The van der Waals surface area contributed by atoms with Crippen LogP contribution in [-0.4, -0.2) is 42.1 Å². The maximum atomic E-state index is 12.0. The largest absolute Gasteiger partial charge is 0.481 e. The number of nitrogens with zero attached hydrogens (tertiary/aromatic N) is 2. The number of nitriles is 1. The van der Waals surface area contributed by atoms with Crippen LogP contribution in [0.4, 0.5) is 0 Å². The molecule has 1 fully saturated rings. The second-order valence-corrected chi connectivity index (χ2v) is 6.20. The number of rotatable bonds is 4. The molecule has 1 N–H and O–H groups in total. The lowest BCUT2D eigenvalue weighted by atomic mass is 9.99. The zero-order valence-electron chi connectivity index (χ0n) is 9.66. The van der Waals surface area contributed by atoms with E-state index in [2.05, 4.69) is 0 Å². The molecule has 0 aromatic carbocycles. The summed E-state index contributed by atoms with van der Waals surface area (Å²) in [6.45, 7) is 2.03. The molecule has 1 unspecified atom stereocenters. The number of hydrogen-bond donors (Lipinski definition) is 1. The Bertz CT molecular complexity index is 418. The van der Waals surface area contributed by atoms with Crippen LogP contribution < -0.4 is 0 Å². The normalized spacial score (nSPS) is 20.7. The average Bonchev–Trinajstić information content (AvgIpc) is 2.30. The van der Waals surface area contributed by atoms with Crippen molar-refractivity contribution in [2.24, 2.45) is 5.92 Å². The number of sulfonamides is 1. The fourth-order valence-corrected chi connectivity index (χ4v) is 3.54. The standard InChI is InChI=1S/C10H16N2O4S/c1-2-9(7-11)17(15,16)12-5-3-8(4-6-12)10(13)14/h8-9H,2-6H2,1H3,(H,13,14). The predicted octanol–water partition coefficient (Wildman–Crippen LogP) is 0.415. The summed E-state index contributed by atoms with van der Waals surface area (Å²) in [5.41, 5.74) is 0. The van der Waals surface area contributed by atoms with E-state index in [9.17, 15) is 13.2 Å². The van der Waals surface area contributed by atoms with Gasteiger partial charge in [0.25, 0.3) is 0 Å². The van der Waals surface area contributed by atoms with Gasteiger partial charge in [-0.15, -0.1) is 0 Å². The first kappa shape index (κ1) is 13.9. The highest BCUT2D eigenvalue weighted by Gasteiger charge is 2.35. The van der Waals surface area contributed by atoms with E-state index in [1.165, 1.54) is 4.31 Å². The SMILES string of the molecule is CCC(C#N)S(=O)(=O)N1CCC(C(=O)O)CC1. The number of carbonyl (C=O) groups is 1. The molecule has 0 saturated carbocycles. The lowest BCUT2D eigenvalue weighted by molar-refractivity contribution is -0.142. The van der Waals surface area contributed by atoms with Gasteiger partial charge in [0.15, 0.2) is 5.25 Å². The van der Waals surface area contributed by atoms with Crippen molar-refractivity contribution in [3.63, 3.8) is 0 Å². The summed E-state index contributed by atoms with van der Waals surface area (Å²) in [5, 5.41) is 16.6. The topological polar surface area (TPSA) is 98.5 Å². The Morgan fingerprint density at radius 1 is 1.53 bits per heavy atom. The second kappa shape index (κ2) is 5.47. The summed E-state index contributed by atoms with van der Waals surface area (Å²) >= 11 is 0. The summed E-state index contributed by atoms with van der Waals surface area (Å²) in [7, 11) is -3.59. The minimum Gasteiger partial charge on any atom is -0.481 e. The average molecular weight is 260 g/mol. The summed E-state index contributed by atoms with van der Waals surface area (Å²) < 4.78 is 25.2. The zero-order chi connectivity index (χ0) is 13.1. The number of carboxylic acid groups (broad SMARTS) is 1. The molecule has 6 nitrogen and oxygen atoms in total. The van der Waals surface area contributed by atoms with Gasteiger partial charge in [0, 0.05) is 13.1 Å². The third kappa shape index (κ3) is 2.96. The number of piperidine rings is 1. The Balaban J connectivity index is 2.72. The quantitative estimate of drug-likeness (QED) is 0.789. The molecule has 1 aliphatic heterocycles. The van der Waals surface area contributed by atoms with Gasteiger partial charge in [0.1, 0.15) is 0 Å². The first-order valence-electron chi connectivity index (χ1n) is 5.54. The lowest BCUT2D eigenvalue weighted by Crippen LogP contribution is -2.44. The molecule has 0 radical (unpaired) electrons. The molecule has 7 heteroatoms. The van der Waals surface area contributed by atoms with E-state index in [4.69, 9.17) is 10.4 Å². The van der Waals surface area contributed by atoms with Gasteiger partial charge < -0.3 is 5.11 Å². The van der Waals surface area contributed by atoms with Crippen LogP contribution in [0.25, 0.3) is 0 Å². The molecular weight excluding hydrogens is 244 g/mol. The molecule has 1 saturated heterocycles. The smallest absolute Gasteiger partial charge is 0.306 e. The van der Waals surface area contributed by atoms with Gasteiger partial charge in [0.05, 0.1) is 12.0 Å². The molecule has 0 bridgehead atoms. The van der Waals surface area contributed by atoms with Gasteiger partial charge in [-0.2, -0.15) is 5.26 Å². The molecule has 17 heavy (non-hydrogen) atoms. The van der Waals surface area contributed by atoms with Gasteiger partial charge >= 0.3 is 5.97 Å². The van der Waals surface area contributed by atoms with Crippen LogP contribution in [0.5, 0.6) is 0 Å². The third-order valence-corrected chi connectivity index (χ3v) is 5.28. The monoisotopic (exact) mass is 260 g/mol. The summed E-state index contributed by atoms with van der Waals surface area (Å²) in [4.78, 5) is 10.7. The van der Waals surface area contributed by atoms with E-state index in [0.717, 1.165) is 0 Å². The Morgan fingerprint density at radius 3 is 2.41 bits per heavy atom. The van der Waals surface area contributed by atoms with Crippen molar-refractivity contribution in [3.8, 4) is 6.07 Å². The molecule has 0 aromatic heterocycles. The molecule has 1 heterocycles. The van der Waals surface area contributed by atoms with Gasteiger partial charge in [-0.05, 0) is 19.3 Å². The summed E-state index contributed by atoms with van der Waals surface area (Å²) in [6, 6.07) is 1.78. The van der Waals surface area contributed by atoms with Crippen molar-refractivity contribution in [1.29, 1.82) is 5.26 Å². The molecule has 96 valence electrons. The third-order valence-electron chi connectivity index (χ3n) is 3.04. The molecule has 0 aromatic rings. The lowest BCUT2D eigenvalue weighted by Gasteiger charge is -2.30. The molecule has 0 amide bonds. The Morgan fingerprint density at radius 2 is 2.06 bits per heavy atom. The van der Waals surface area contributed by atoms with E-state index >= 15 is 0 Å². The summed E-state index contributed by atoms with van der Waals surface area (Å²) in [5.74, 6) is -1.35. The van der Waals surface area contributed by atoms with Crippen LogP contribution in [0.1, 0.15) is 26.2 Å². The van der Waals surface area contributed by atoms with Crippen molar-refractivity contribution in [2.75, 3.05) is 13.1 Å². The first-order valence-corrected chi connectivity index (χ1v) is 7.05. The molecule has 1 atom stereocenters. The van der Waals surface area contributed by atoms with E-state index in [1.807, 2.05) is 0 Å². The van der Waals surface area contributed by atoms with Crippen LogP contribution in [-0.2, 0) is 14.8 Å². The highest BCUT2D eigenvalue weighted by Crippen LogP contribution is 2.22. The van der Waals surface area contributed by atoms with Crippen LogP contribution in [0.15, 0.2) is 0 Å². The van der Waals surface area contributed by atoms with Crippen molar-refractivity contribution in [1.82, 2.24) is 4.31 Å². The molecule has 0 aliphatic carbocycles. The van der Waals surface area contributed by atoms with Crippen molar-refractivity contribution in [3.05, 3.63) is 0 Å². The van der Waals surface area contributed by atoms with E-state index in [1.54, 1.807) is 13.0 Å². The van der Waals surface area contributed by atoms with Gasteiger partial charge in [-0.1, -0.05) is 6.92 Å². The van der Waals surface area contributed by atoms with Gasteiger partial charge in [-0.25, -0.2) is 12.7 Å². The molecule has 0 spiro atoms. The minimum atomic E-state index is -3.59. The highest BCUT2D eigenvalue weighted by molar-refractivity contribution is 7.90. The number of aliphatic carboxylic acids is 1. The Hall–Kier alpha value is -1.13. The minimum absolute atomic E-state index is 0.192. The van der Waals surface area contributed by atoms with E-state index < -0.39 is 27.2 Å². The van der Waals surface area contributed by atoms with Crippen LogP contribution in [0.2, 0.25) is 0 Å². The van der Waals surface area contributed by atoms with Crippen LogP contribution in [0.3, 0.4) is 0 Å². The number of carboxylic acids is 1. The fourth-order valence-electron chi connectivity index (χ4n) is 1.91. The van der Waals surface area contributed by atoms with Gasteiger partial charge in [0.2, 0.25) is 10.0 Å².